The summed E-state index contributed by atoms with van der Waals surface area (Å²) in [6.45, 7) is -0.396. The minimum absolute atomic E-state index is 0.0417. The zero-order chi connectivity index (χ0) is 22.6. The molecule has 7 N–H and O–H groups in total. The van der Waals surface area contributed by atoms with E-state index in [0.717, 1.165) is 0 Å². The maximum absolute atomic E-state index is 12.1. The van der Waals surface area contributed by atoms with Crippen molar-refractivity contribution in [3.05, 3.63) is 23.3 Å². The molecule has 2 fully saturated rings. The van der Waals surface area contributed by atoms with E-state index in [9.17, 15) is 24.7 Å². The van der Waals surface area contributed by atoms with Crippen molar-refractivity contribution in [2.75, 3.05) is 32.8 Å². The number of aliphatic hydroxyl groups excluding tert-OH is 1. The molecule has 4 rings (SSSR count). The van der Waals surface area contributed by atoms with Crippen LogP contribution in [0.15, 0.2) is 12.1 Å². The van der Waals surface area contributed by atoms with Gasteiger partial charge in [0.2, 0.25) is 5.91 Å². The molecule has 1 amide bonds. The molecule has 0 spiro atoms. The van der Waals surface area contributed by atoms with Crippen LogP contribution >= 0.6 is 0 Å². The van der Waals surface area contributed by atoms with Gasteiger partial charge in [-0.2, -0.15) is 0 Å². The molecule has 0 radical (unpaired) electrons. The average Bonchev–Trinajstić information content (AvgIpc) is 3.45. The van der Waals surface area contributed by atoms with Crippen LogP contribution in [-0.4, -0.2) is 88.2 Å². The molecule has 1 aliphatic carbocycles. The molecule has 0 bridgehead atoms. The highest BCUT2D eigenvalue weighted by Gasteiger charge is 2.55. The number of carboxylic acid groups (broad SMARTS) is 1. The molecule has 1 saturated heterocycles. The van der Waals surface area contributed by atoms with E-state index >= 15 is 0 Å². The first-order valence-corrected chi connectivity index (χ1v) is 10.3. The molecule has 170 valence electrons. The number of fused-ring (bicyclic) bond motifs is 3. The van der Waals surface area contributed by atoms with Gasteiger partial charge in [0.25, 0.3) is 0 Å². The number of ether oxygens (including phenoxy) is 1. The molecule has 1 aromatic rings. The molecule has 3 atom stereocenters. The summed E-state index contributed by atoms with van der Waals surface area (Å²) < 4.78 is 11.2. The van der Waals surface area contributed by atoms with Crippen molar-refractivity contribution < 1.29 is 39.2 Å². The fourth-order valence-electron chi connectivity index (χ4n) is 4.43. The Balaban J connectivity index is 1.41. The number of aliphatic hydroxyl groups is 1. The minimum atomic E-state index is -3.10. The standard InChI is InChI=1S/C19H27BN3O8/c1-19(21,18(27)22-4-5-24)9-23-7-10(8-23)30-14-3-2-11-12-6-13(12)20(28,29)31-16(11)15(14)17(25)26/h2-3,10,12-13,24,28-29H,4-9,21H2,1H3,(H,22,27)(H,25,26)/q-1/t12-,13-,19-/m0/s1. The zero-order valence-electron chi connectivity index (χ0n) is 17.2. The van der Waals surface area contributed by atoms with Crippen molar-refractivity contribution >= 4 is 18.6 Å². The Kier molecular flexibility index (Phi) is 5.38. The van der Waals surface area contributed by atoms with E-state index in [2.05, 4.69) is 5.32 Å². The Morgan fingerprint density at radius 1 is 1.39 bits per heavy atom. The number of likely N-dealkylation sites (tertiary alicyclic amines) is 1. The van der Waals surface area contributed by atoms with Crippen LogP contribution < -0.4 is 20.4 Å². The molecule has 1 aromatic carbocycles. The molecule has 2 heterocycles. The van der Waals surface area contributed by atoms with Crippen molar-refractivity contribution in [2.45, 2.75) is 36.7 Å². The summed E-state index contributed by atoms with van der Waals surface area (Å²) >= 11 is 0. The summed E-state index contributed by atoms with van der Waals surface area (Å²) in [5.74, 6) is -2.12. The van der Waals surface area contributed by atoms with E-state index in [-0.39, 0.29) is 54.7 Å². The third-order valence-electron chi connectivity index (χ3n) is 6.14. The third-order valence-corrected chi connectivity index (χ3v) is 6.14. The van der Waals surface area contributed by atoms with Gasteiger partial charge in [-0.15, -0.1) is 0 Å². The fraction of sp³-hybridized carbons (Fsp3) is 0.579. The van der Waals surface area contributed by atoms with Crippen LogP contribution in [0.4, 0.5) is 0 Å². The second kappa shape index (κ2) is 7.64. The molecular weight excluding hydrogens is 409 g/mol. The van der Waals surface area contributed by atoms with Crippen LogP contribution in [0.25, 0.3) is 0 Å². The van der Waals surface area contributed by atoms with Crippen LogP contribution in [0, 0.1) is 0 Å². The number of nitrogens with zero attached hydrogens (tertiary/aromatic N) is 1. The predicted octanol–water partition coefficient (Wildman–Crippen LogP) is -1.55. The van der Waals surface area contributed by atoms with Gasteiger partial charge in [0.05, 0.1) is 12.4 Å². The summed E-state index contributed by atoms with van der Waals surface area (Å²) in [6.07, 6.45) is 0.226. The van der Waals surface area contributed by atoms with Crippen molar-refractivity contribution in [2.24, 2.45) is 5.73 Å². The monoisotopic (exact) mass is 436 g/mol. The van der Waals surface area contributed by atoms with Crippen LogP contribution in [0.5, 0.6) is 11.5 Å². The topological polar surface area (TPSA) is 175 Å². The maximum atomic E-state index is 12.1. The lowest BCUT2D eigenvalue weighted by molar-refractivity contribution is -0.127. The average molecular weight is 436 g/mol. The number of carbonyl (C=O) groups excluding carboxylic acids is 1. The first-order chi connectivity index (χ1) is 14.5. The van der Waals surface area contributed by atoms with Crippen LogP contribution in [0.2, 0.25) is 5.82 Å². The highest BCUT2D eigenvalue weighted by molar-refractivity contribution is 6.62. The number of amides is 1. The molecule has 12 heteroatoms. The quantitative estimate of drug-likeness (QED) is 0.262. The Morgan fingerprint density at radius 2 is 2.10 bits per heavy atom. The highest BCUT2D eigenvalue weighted by atomic mass is 16.6. The van der Waals surface area contributed by atoms with Crippen molar-refractivity contribution in [1.82, 2.24) is 10.2 Å². The minimum Gasteiger partial charge on any atom is -0.669 e. The van der Waals surface area contributed by atoms with Crippen molar-refractivity contribution in [3.8, 4) is 11.5 Å². The number of hydrogen-bond acceptors (Lipinski definition) is 9. The van der Waals surface area contributed by atoms with Gasteiger partial charge < -0.3 is 40.7 Å². The second-order valence-corrected chi connectivity index (χ2v) is 8.88. The van der Waals surface area contributed by atoms with E-state index in [1.165, 1.54) is 0 Å². The lowest BCUT2D eigenvalue weighted by Gasteiger charge is -2.43. The summed E-state index contributed by atoms with van der Waals surface area (Å²) in [6, 6.07) is 3.29. The Bertz CT molecular complexity index is 902. The molecule has 0 aromatic heterocycles. The molecule has 11 nitrogen and oxygen atoms in total. The summed E-state index contributed by atoms with van der Waals surface area (Å²) in [5, 5.41) is 41.3. The number of carboxylic acids is 1. The van der Waals surface area contributed by atoms with Gasteiger partial charge in [-0.25, -0.2) is 4.79 Å². The lowest BCUT2D eigenvalue weighted by atomic mass is 9.68. The van der Waals surface area contributed by atoms with Gasteiger partial charge in [0, 0.05) is 26.2 Å². The van der Waals surface area contributed by atoms with Gasteiger partial charge in [0.15, 0.2) is 0 Å². The molecule has 2 aliphatic heterocycles. The Morgan fingerprint density at radius 3 is 2.74 bits per heavy atom. The largest absolute Gasteiger partial charge is 0.669 e. The Hall–Kier alpha value is -2.38. The number of aromatic carboxylic acids is 1. The smallest absolute Gasteiger partial charge is 0.434 e. The fourth-order valence-corrected chi connectivity index (χ4v) is 4.43. The van der Waals surface area contributed by atoms with E-state index in [0.29, 0.717) is 25.1 Å². The zero-order valence-corrected chi connectivity index (χ0v) is 17.2. The lowest BCUT2D eigenvalue weighted by Crippen LogP contribution is -2.64. The number of benzene rings is 1. The molecular formula is C19H27BN3O8-. The van der Waals surface area contributed by atoms with E-state index < -0.39 is 24.1 Å². The van der Waals surface area contributed by atoms with Crippen LogP contribution in [0.3, 0.4) is 0 Å². The maximum Gasteiger partial charge on any atom is 0.434 e. The van der Waals surface area contributed by atoms with Gasteiger partial charge in [0.1, 0.15) is 23.0 Å². The van der Waals surface area contributed by atoms with Gasteiger partial charge >= 0.3 is 12.7 Å². The number of nitrogens with two attached hydrogens (primary N) is 1. The van der Waals surface area contributed by atoms with Gasteiger partial charge in [-0.3, -0.25) is 9.69 Å². The molecule has 1 saturated carbocycles. The highest BCUT2D eigenvalue weighted by Crippen LogP contribution is 2.63. The number of rotatable bonds is 8. The summed E-state index contributed by atoms with van der Waals surface area (Å²) in [4.78, 5) is 25.9. The van der Waals surface area contributed by atoms with E-state index in [1.807, 2.05) is 4.90 Å². The number of nitrogens with one attached hydrogen (secondary N) is 1. The van der Waals surface area contributed by atoms with E-state index in [1.54, 1.807) is 19.1 Å². The Labute approximate surface area is 178 Å². The molecule has 3 aliphatic rings. The predicted molar refractivity (Wildman–Crippen MR) is 109 cm³/mol. The first kappa shape index (κ1) is 21.8. The molecule has 31 heavy (non-hydrogen) atoms. The van der Waals surface area contributed by atoms with Gasteiger partial charge in [-0.1, -0.05) is 18.3 Å². The number of hydrogen-bond donors (Lipinski definition) is 6. The molecule has 0 unspecified atom stereocenters. The van der Waals surface area contributed by atoms with Crippen molar-refractivity contribution in [3.63, 3.8) is 0 Å². The van der Waals surface area contributed by atoms with Crippen LogP contribution in [-0.2, 0) is 4.79 Å². The SMILES string of the molecule is C[C@](N)(CN1CC(Oc2ccc3c(c2C(=O)O)O[B-](O)(O)[C@H]2C[C@@H]32)C1)C(=O)NCCO. The van der Waals surface area contributed by atoms with Gasteiger partial charge in [-0.05, 0) is 24.5 Å². The third kappa shape index (κ3) is 4.09. The van der Waals surface area contributed by atoms with Crippen LogP contribution in [0.1, 0.15) is 35.2 Å². The second-order valence-electron chi connectivity index (χ2n) is 8.88. The summed E-state index contributed by atoms with van der Waals surface area (Å²) in [7, 11) is 0. The number of carbonyl (C=O) groups is 2. The summed E-state index contributed by atoms with van der Waals surface area (Å²) in [5.41, 5.74) is 5.36. The van der Waals surface area contributed by atoms with E-state index in [4.69, 9.17) is 20.2 Å². The van der Waals surface area contributed by atoms with Crippen molar-refractivity contribution in [1.29, 1.82) is 0 Å². The first-order valence-electron chi connectivity index (χ1n) is 10.3. The normalized spacial score (nSPS) is 25.8.